The predicted octanol–water partition coefficient (Wildman–Crippen LogP) is 5.39. The molecule has 0 radical (unpaired) electrons. The van der Waals surface area contributed by atoms with Crippen molar-refractivity contribution in [2.45, 2.75) is 37.3 Å². The molecule has 1 N–H and O–H groups in total. The van der Waals surface area contributed by atoms with Crippen molar-refractivity contribution in [1.82, 2.24) is 9.97 Å². The Kier molecular flexibility index (Phi) is 4.55. The van der Waals surface area contributed by atoms with E-state index in [1.807, 2.05) is 16.8 Å². The molecule has 120 valence electrons. The number of fused-ring (bicyclic) bond motifs is 1. The van der Waals surface area contributed by atoms with Crippen molar-refractivity contribution in [3.63, 3.8) is 0 Å². The number of hydrogen-bond acceptors (Lipinski definition) is 5. The molecular weight excluding hydrogens is 344 g/mol. The van der Waals surface area contributed by atoms with Gasteiger partial charge in [-0.3, -0.25) is 4.79 Å². The quantitative estimate of drug-likeness (QED) is 0.500. The van der Waals surface area contributed by atoms with Gasteiger partial charge in [0.05, 0.1) is 5.39 Å². The van der Waals surface area contributed by atoms with Crippen molar-refractivity contribution in [2.75, 3.05) is 5.75 Å². The van der Waals surface area contributed by atoms with Crippen molar-refractivity contribution in [3.8, 4) is 10.4 Å². The van der Waals surface area contributed by atoms with Gasteiger partial charge >= 0.3 is 0 Å². The molecule has 3 heterocycles. The van der Waals surface area contributed by atoms with Crippen LogP contribution in [-0.4, -0.2) is 15.7 Å². The molecule has 0 amide bonds. The summed E-state index contributed by atoms with van der Waals surface area (Å²) in [7, 11) is 0. The van der Waals surface area contributed by atoms with Gasteiger partial charge in [0.1, 0.15) is 4.83 Å². The highest BCUT2D eigenvalue weighted by atomic mass is 32.2. The summed E-state index contributed by atoms with van der Waals surface area (Å²) in [6, 6.07) is 4.07. The molecule has 1 saturated carbocycles. The Balaban J connectivity index is 1.59. The van der Waals surface area contributed by atoms with Crippen LogP contribution in [0.3, 0.4) is 0 Å². The lowest BCUT2D eigenvalue weighted by atomic mass is 9.91. The number of thiophene rings is 2. The van der Waals surface area contributed by atoms with Crippen LogP contribution in [-0.2, 0) is 0 Å². The van der Waals surface area contributed by atoms with Gasteiger partial charge in [0.25, 0.3) is 5.56 Å². The summed E-state index contributed by atoms with van der Waals surface area (Å²) in [6.07, 6.45) is 6.72. The predicted molar refractivity (Wildman–Crippen MR) is 101 cm³/mol. The average molecular weight is 363 g/mol. The second-order valence-corrected chi connectivity index (χ2v) is 8.81. The van der Waals surface area contributed by atoms with Gasteiger partial charge in [0.15, 0.2) is 5.16 Å². The van der Waals surface area contributed by atoms with E-state index >= 15 is 0 Å². The Morgan fingerprint density at radius 2 is 2.13 bits per heavy atom. The summed E-state index contributed by atoms with van der Waals surface area (Å²) in [4.78, 5) is 22.2. The SMILES string of the molecule is O=c1[nH]c(SCC2CCCCC2)nc2scc(-c3cccs3)c12. The van der Waals surface area contributed by atoms with Crippen molar-refractivity contribution >= 4 is 44.7 Å². The highest BCUT2D eigenvalue weighted by Crippen LogP contribution is 2.34. The van der Waals surface area contributed by atoms with Crippen molar-refractivity contribution < 1.29 is 0 Å². The van der Waals surface area contributed by atoms with Crippen molar-refractivity contribution in [1.29, 1.82) is 0 Å². The number of aromatic nitrogens is 2. The van der Waals surface area contributed by atoms with E-state index in [4.69, 9.17) is 0 Å². The molecule has 1 aliphatic carbocycles. The maximum absolute atomic E-state index is 12.5. The summed E-state index contributed by atoms with van der Waals surface area (Å²) in [5.41, 5.74) is 1.00. The first-order valence-corrected chi connectivity index (χ1v) is 10.7. The number of aromatic amines is 1. The van der Waals surface area contributed by atoms with E-state index in [2.05, 4.69) is 16.0 Å². The Morgan fingerprint density at radius 3 is 2.91 bits per heavy atom. The van der Waals surface area contributed by atoms with Gasteiger partial charge in [-0.1, -0.05) is 37.1 Å². The molecule has 1 aliphatic rings. The first-order valence-electron chi connectivity index (χ1n) is 7.99. The highest BCUT2D eigenvalue weighted by Gasteiger charge is 2.16. The minimum absolute atomic E-state index is 0.00852. The topological polar surface area (TPSA) is 45.8 Å². The maximum atomic E-state index is 12.5. The number of rotatable bonds is 4. The minimum atomic E-state index is -0.00852. The van der Waals surface area contributed by atoms with Gasteiger partial charge in [0.2, 0.25) is 0 Å². The third-order valence-corrected chi connectivity index (χ3v) is 7.27. The van der Waals surface area contributed by atoms with Crippen LogP contribution in [0.1, 0.15) is 32.1 Å². The molecule has 0 atom stereocenters. The lowest BCUT2D eigenvalue weighted by Gasteiger charge is -2.20. The Morgan fingerprint density at radius 1 is 1.26 bits per heavy atom. The van der Waals surface area contributed by atoms with Crippen LogP contribution in [0.25, 0.3) is 20.7 Å². The van der Waals surface area contributed by atoms with E-state index in [0.29, 0.717) is 0 Å². The van der Waals surface area contributed by atoms with E-state index in [-0.39, 0.29) is 5.56 Å². The standard InChI is InChI=1S/C17H18N2OS3/c20-15-14-12(13-7-4-8-21-13)10-22-16(14)19-17(18-15)23-9-11-5-2-1-3-6-11/h4,7-8,10-11H,1-3,5-6,9H2,(H,18,19,20). The van der Waals surface area contributed by atoms with Gasteiger partial charge < -0.3 is 4.98 Å². The number of nitrogens with one attached hydrogen (secondary N) is 1. The average Bonchev–Trinajstić information content (AvgIpc) is 3.23. The van der Waals surface area contributed by atoms with Gasteiger partial charge in [-0.15, -0.1) is 22.7 Å². The molecule has 1 fully saturated rings. The van der Waals surface area contributed by atoms with Crippen LogP contribution >= 0.6 is 34.4 Å². The summed E-state index contributed by atoms with van der Waals surface area (Å²) < 4.78 is 0. The number of hydrogen-bond donors (Lipinski definition) is 1. The van der Waals surface area contributed by atoms with E-state index in [9.17, 15) is 4.79 Å². The second kappa shape index (κ2) is 6.79. The number of nitrogens with zero attached hydrogens (tertiary/aromatic N) is 1. The number of H-pyrrole nitrogens is 1. The fourth-order valence-electron chi connectivity index (χ4n) is 3.16. The largest absolute Gasteiger partial charge is 0.301 e. The molecule has 0 bridgehead atoms. The Labute approximate surface area is 147 Å². The molecule has 3 nitrogen and oxygen atoms in total. The number of thioether (sulfide) groups is 1. The molecule has 3 aromatic heterocycles. The van der Waals surface area contributed by atoms with E-state index < -0.39 is 0 Å². The molecule has 4 rings (SSSR count). The van der Waals surface area contributed by atoms with Crippen LogP contribution in [0.5, 0.6) is 0 Å². The zero-order valence-corrected chi connectivity index (χ0v) is 15.2. The van der Waals surface area contributed by atoms with E-state index in [1.165, 1.54) is 32.1 Å². The molecule has 0 saturated heterocycles. The molecular formula is C17H18N2OS3. The van der Waals surface area contributed by atoms with Gasteiger partial charge in [-0.05, 0) is 30.2 Å². The molecule has 23 heavy (non-hydrogen) atoms. The highest BCUT2D eigenvalue weighted by molar-refractivity contribution is 7.99. The third-order valence-electron chi connectivity index (χ3n) is 4.39. The van der Waals surface area contributed by atoms with Gasteiger partial charge in [0, 0.05) is 21.6 Å². The summed E-state index contributed by atoms with van der Waals surface area (Å²) in [5.74, 6) is 1.84. The Hall–Kier alpha value is -1.11. The van der Waals surface area contributed by atoms with Crippen LogP contribution in [0.2, 0.25) is 0 Å². The third kappa shape index (κ3) is 3.25. The molecule has 6 heteroatoms. The van der Waals surface area contributed by atoms with E-state index in [0.717, 1.165) is 37.5 Å². The van der Waals surface area contributed by atoms with Crippen LogP contribution in [0, 0.1) is 5.92 Å². The van der Waals surface area contributed by atoms with Gasteiger partial charge in [-0.2, -0.15) is 0 Å². The fraction of sp³-hybridized carbons (Fsp3) is 0.412. The first kappa shape index (κ1) is 15.4. The smallest absolute Gasteiger partial charge is 0.260 e. The normalized spacial score (nSPS) is 16.2. The summed E-state index contributed by atoms with van der Waals surface area (Å²) >= 11 is 4.93. The summed E-state index contributed by atoms with van der Waals surface area (Å²) in [6.45, 7) is 0. The summed E-state index contributed by atoms with van der Waals surface area (Å²) in [5, 5.41) is 5.59. The monoisotopic (exact) mass is 362 g/mol. The zero-order valence-electron chi connectivity index (χ0n) is 12.7. The lowest BCUT2D eigenvalue weighted by Crippen LogP contribution is -2.11. The van der Waals surface area contributed by atoms with Crippen LogP contribution in [0.15, 0.2) is 32.8 Å². The second-order valence-electron chi connectivity index (χ2n) is 5.99. The van der Waals surface area contributed by atoms with Crippen LogP contribution < -0.4 is 5.56 Å². The molecule has 0 spiro atoms. The fourth-order valence-corrected chi connectivity index (χ4v) is 6.03. The molecule has 0 aliphatic heterocycles. The minimum Gasteiger partial charge on any atom is -0.301 e. The zero-order chi connectivity index (χ0) is 15.6. The van der Waals surface area contributed by atoms with Crippen LogP contribution in [0.4, 0.5) is 0 Å². The molecule has 0 unspecified atom stereocenters. The van der Waals surface area contributed by atoms with E-state index in [1.54, 1.807) is 34.4 Å². The Bertz CT molecular complexity index is 844. The lowest BCUT2D eigenvalue weighted by molar-refractivity contribution is 0.391. The maximum Gasteiger partial charge on any atom is 0.260 e. The van der Waals surface area contributed by atoms with Crippen molar-refractivity contribution in [2.24, 2.45) is 5.92 Å². The molecule has 3 aromatic rings. The van der Waals surface area contributed by atoms with Gasteiger partial charge in [-0.25, -0.2) is 4.98 Å². The first-order chi connectivity index (χ1) is 11.3. The van der Waals surface area contributed by atoms with Crippen molar-refractivity contribution in [3.05, 3.63) is 33.2 Å². The molecule has 0 aromatic carbocycles.